The fourth-order valence-electron chi connectivity index (χ4n) is 2.20. The van der Waals surface area contributed by atoms with Gasteiger partial charge in [-0.15, -0.1) is 5.10 Å². The molecule has 0 aliphatic carbocycles. The Bertz CT molecular complexity index is 912. The van der Waals surface area contributed by atoms with E-state index in [9.17, 15) is 4.79 Å². The van der Waals surface area contributed by atoms with Crippen LogP contribution in [0.25, 0.3) is 0 Å². The molecule has 1 amide bonds. The summed E-state index contributed by atoms with van der Waals surface area (Å²) in [5, 5.41) is 14.2. The Morgan fingerprint density at radius 3 is 2.75 bits per heavy atom. The van der Waals surface area contributed by atoms with Crippen molar-refractivity contribution in [2.75, 3.05) is 18.3 Å². The predicted octanol–water partition coefficient (Wildman–Crippen LogP) is 2.67. The second-order valence-electron chi connectivity index (χ2n) is 5.66. The normalized spacial score (nSPS) is 10.8. The van der Waals surface area contributed by atoms with Crippen LogP contribution < -0.4 is 15.5 Å². The van der Waals surface area contributed by atoms with Crippen LogP contribution in [0, 0.1) is 0 Å². The lowest BCUT2D eigenvalue weighted by molar-refractivity contribution is -0.118. The average molecular weight is 396 g/mol. The number of benzene rings is 2. The third-order valence-corrected chi connectivity index (χ3v) is 4.48. The highest BCUT2D eigenvalue weighted by Gasteiger charge is 2.07. The predicted molar refractivity (Wildman–Crippen MR) is 110 cm³/mol. The van der Waals surface area contributed by atoms with Gasteiger partial charge < -0.3 is 10.1 Å². The van der Waals surface area contributed by atoms with Gasteiger partial charge in [-0.1, -0.05) is 42.1 Å². The summed E-state index contributed by atoms with van der Waals surface area (Å²) >= 11 is 1.25. The Morgan fingerprint density at radius 1 is 1.21 bits per heavy atom. The minimum atomic E-state index is -0.0781. The zero-order valence-corrected chi connectivity index (χ0v) is 16.1. The maximum Gasteiger partial charge on any atom is 0.240 e. The quantitative estimate of drug-likeness (QED) is 0.292. The number of hydrogen-bond acceptors (Lipinski definition) is 7. The first kappa shape index (κ1) is 19.4. The Morgan fingerprint density at radius 2 is 2.00 bits per heavy atom. The van der Waals surface area contributed by atoms with Gasteiger partial charge in [-0.3, -0.25) is 4.79 Å². The fourth-order valence-corrected chi connectivity index (χ4v) is 2.82. The second kappa shape index (κ2) is 10.1. The van der Waals surface area contributed by atoms with Gasteiger partial charge in [-0.2, -0.15) is 10.1 Å². The molecule has 0 unspecified atom stereocenters. The third kappa shape index (κ3) is 6.13. The van der Waals surface area contributed by atoms with Crippen molar-refractivity contribution >= 4 is 29.8 Å². The maximum absolute atomic E-state index is 11.9. The molecule has 28 heavy (non-hydrogen) atoms. The van der Waals surface area contributed by atoms with E-state index in [2.05, 4.69) is 31.0 Å². The van der Waals surface area contributed by atoms with E-state index < -0.39 is 0 Å². The summed E-state index contributed by atoms with van der Waals surface area (Å²) in [6.07, 6.45) is 1.66. The number of methoxy groups -OCH3 is 1. The van der Waals surface area contributed by atoms with Crippen LogP contribution in [-0.4, -0.2) is 40.2 Å². The van der Waals surface area contributed by atoms with Gasteiger partial charge in [0.25, 0.3) is 0 Å². The molecule has 9 heteroatoms. The van der Waals surface area contributed by atoms with Crippen molar-refractivity contribution in [3.05, 3.63) is 65.7 Å². The van der Waals surface area contributed by atoms with E-state index >= 15 is 0 Å². The number of rotatable bonds is 9. The third-order valence-electron chi connectivity index (χ3n) is 3.63. The van der Waals surface area contributed by atoms with Gasteiger partial charge in [-0.25, -0.2) is 10.5 Å². The summed E-state index contributed by atoms with van der Waals surface area (Å²) in [6.45, 7) is 0.501. The lowest BCUT2D eigenvalue weighted by Crippen LogP contribution is -2.24. The van der Waals surface area contributed by atoms with E-state index in [-0.39, 0.29) is 11.7 Å². The van der Waals surface area contributed by atoms with Crippen LogP contribution in [0.3, 0.4) is 0 Å². The van der Waals surface area contributed by atoms with Crippen molar-refractivity contribution in [3.63, 3.8) is 0 Å². The molecule has 0 aliphatic heterocycles. The summed E-state index contributed by atoms with van der Waals surface area (Å²) in [6, 6.07) is 17.2. The molecule has 0 fully saturated rings. The molecule has 3 aromatic rings. The van der Waals surface area contributed by atoms with E-state index in [1.54, 1.807) is 13.3 Å². The number of anilines is 1. The van der Waals surface area contributed by atoms with E-state index in [0.29, 0.717) is 17.6 Å². The molecule has 0 aliphatic rings. The van der Waals surface area contributed by atoms with Crippen LogP contribution in [0.1, 0.15) is 11.1 Å². The number of thioether (sulfide) groups is 1. The minimum Gasteiger partial charge on any atom is -0.497 e. The van der Waals surface area contributed by atoms with E-state index in [1.165, 1.54) is 11.8 Å². The molecule has 8 nitrogen and oxygen atoms in total. The molecule has 0 bridgehead atoms. The first-order chi connectivity index (χ1) is 13.7. The van der Waals surface area contributed by atoms with Gasteiger partial charge in [0, 0.05) is 6.54 Å². The van der Waals surface area contributed by atoms with Crippen LogP contribution in [0.15, 0.2) is 64.9 Å². The lowest BCUT2D eigenvalue weighted by Gasteiger charge is -2.03. The van der Waals surface area contributed by atoms with Gasteiger partial charge in [-0.05, 0) is 35.4 Å². The van der Waals surface area contributed by atoms with Crippen molar-refractivity contribution in [2.45, 2.75) is 11.7 Å². The van der Waals surface area contributed by atoms with Crippen molar-refractivity contribution in [3.8, 4) is 5.75 Å². The standard InChI is InChI=1S/C19H20N6O2S/c1-27-16-9-7-15(8-10-16)12-21-23-18-22-19(25-24-18)28-13-17(26)20-11-14-5-3-2-4-6-14/h2-10,12H,11,13H2,1H3,(H,20,26)(H2,22,23,24,25)/b21-12+. The number of ether oxygens (including phenoxy) is 1. The number of amides is 1. The van der Waals surface area contributed by atoms with Crippen LogP contribution in [0.5, 0.6) is 5.75 Å². The van der Waals surface area contributed by atoms with Crippen molar-refractivity contribution in [1.82, 2.24) is 20.5 Å². The molecule has 2 aromatic carbocycles. The molecule has 0 spiro atoms. The average Bonchev–Trinajstić information content (AvgIpc) is 3.20. The van der Waals surface area contributed by atoms with Crippen LogP contribution in [0.4, 0.5) is 5.95 Å². The molecule has 1 aromatic heterocycles. The fraction of sp³-hybridized carbons (Fsp3) is 0.158. The Balaban J connectivity index is 1.40. The zero-order valence-electron chi connectivity index (χ0n) is 15.3. The molecule has 0 radical (unpaired) electrons. The smallest absolute Gasteiger partial charge is 0.240 e. The highest BCUT2D eigenvalue weighted by Crippen LogP contribution is 2.14. The summed E-state index contributed by atoms with van der Waals surface area (Å²) < 4.78 is 5.11. The molecule has 0 saturated heterocycles. The van der Waals surface area contributed by atoms with Crippen LogP contribution in [0.2, 0.25) is 0 Å². The number of H-pyrrole nitrogens is 1. The Hall–Kier alpha value is -3.33. The lowest BCUT2D eigenvalue weighted by atomic mass is 10.2. The second-order valence-corrected chi connectivity index (χ2v) is 6.60. The van der Waals surface area contributed by atoms with Gasteiger partial charge >= 0.3 is 0 Å². The SMILES string of the molecule is COc1ccc(/C=N/Nc2nc(SCC(=O)NCc3ccccc3)n[nH]2)cc1. The summed E-state index contributed by atoms with van der Waals surface area (Å²) in [5.41, 5.74) is 4.74. The minimum absolute atomic E-state index is 0.0781. The number of carbonyl (C=O) groups excluding carboxylic acids is 1. The first-order valence-corrected chi connectivity index (χ1v) is 9.50. The molecule has 0 atom stereocenters. The number of carbonyl (C=O) groups is 1. The van der Waals surface area contributed by atoms with Crippen molar-refractivity contribution in [2.24, 2.45) is 5.10 Å². The molecule has 3 N–H and O–H groups in total. The van der Waals surface area contributed by atoms with E-state index in [0.717, 1.165) is 16.9 Å². The summed E-state index contributed by atoms with van der Waals surface area (Å²) in [4.78, 5) is 16.2. The Kier molecular flexibility index (Phi) is 7.02. The van der Waals surface area contributed by atoms with Crippen LogP contribution >= 0.6 is 11.8 Å². The number of aromatic nitrogens is 3. The largest absolute Gasteiger partial charge is 0.497 e. The summed E-state index contributed by atoms with van der Waals surface area (Å²) in [7, 11) is 1.62. The molecule has 144 valence electrons. The summed E-state index contributed by atoms with van der Waals surface area (Å²) in [5.74, 6) is 1.34. The van der Waals surface area contributed by atoms with Crippen molar-refractivity contribution < 1.29 is 9.53 Å². The zero-order chi connectivity index (χ0) is 19.6. The highest BCUT2D eigenvalue weighted by molar-refractivity contribution is 7.99. The van der Waals surface area contributed by atoms with E-state index in [1.807, 2.05) is 54.6 Å². The molecule has 1 heterocycles. The number of nitrogens with zero attached hydrogens (tertiary/aromatic N) is 3. The number of hydrogen-bond donors (Lipinski definition) is 3. The van der Waals surface area contributed by atoms with Crippen LogP contribution in [-0.2, 0) is 11.3 Å². The van der Waals surface area contributed by atoms with E-state index in [4.69, 9.17) is 4.74 Å². The molecule has 0 saturated carbocycles. The topological polar surface area (TPSA) is 104 Å². The monoisotopic (exact) mass is 396 g/mol. The first-order valence-electron chi connectivity index (χ1n) is 8.52. The maximum atomic E-state index is 11.9. The number of aromatic amines is 1. The van der Waals surface area contributed by atoms with Gasteiger partial charge in [0.2, 0.25) is 17.0 Å². The Labute approximate surface area is 166 Å². The molecular formula is C19H20N6O2S. The van der Waals surface area contributed by atoms with Gasteiger partial charge in [0.05, 0.1) is 19.1 Å². The van der Waals surface area contributed by atoms with Gasteiger partial charge in [0.15, 0.2) is 0 Å². The van der Waals surface area contributed by atoms with Crippen molar-refractivity contribution in [1.29, 1.82) is 0 Å². The van der Waals surface area contributed by atoms with Gasteiger partial charge in [0.1, 0.15) is 5.75 Å². The number of nitrogens with one attached hydrogen (secondary N) is 3. The highest BCUT2D eigenvalue weighted by atomic mass is 32.2. The molecule has 3 rings (SSSR count). The molecular weight excluding hydrogens is 376 g/mol. The number of hydrazone groups is 1.